The topological polar surface area (TPSA) is 383 Å². The molecule has 0 bridgehead atoms. The molecule has 0 aliphatic carbocycles. The zero-order valence-corrected chi connectivity index (χ0v) is 15.5. The molecule has 0 saturated heterocycles. The monoisotopic (exact) mass is 598 g/mol. The molecule has 4 radical (unpaired) electrons. The molecule has 0 rings (SSSR count). The fourth-order valence-electron chi connectivity index (χ4n) is 0. The van der Waals surface area contributed by atoms with Crippen LogP contribution >= 0.6 is 0 Å². The molecule has 0 fully saturated rings. The van der Waals surface area contributed by atoms with Crippen molar-refractivity contribution < 1.29 is 151 Å². The Hall–Kier alpha value is 1.44. The van der Waals surface area contributed by atoms with Crippen LogP contribution in [-0.4, -0.2) is 90.3 Å². The van der Waals surface area contributed by atoms with Crippen molar-refractivity contribution in [3.63, 3.8) is 0 Å². The van der Waals surface area contributed by atoms with Crippen LogP contribution in [0.5, 0.6) is 0 Å². The summed E-state index contributed by atoms with van der Waals surface area (Å²) in [7, 11) is 0. The van der Waals surface area contributed by atoms with E-state index in [1.807, 2.05) is 0 Å². The molecule has 0 unspecified atom stereocenters. The Kier molecular flexibility index (Phi) is 124. The van der Waals surface area contributed by atoms with Crippen LogP contribution < -0.4 is 30.6 Å². The van der Waals surface area contributed by atoms with Gasteiger partial charge in [0.05, 0.1) is 0 Å². The molecule has 20 heteroatoms. The largest absolute Gasteiger partial charge is 0.870 e. The van der Waals surface area contributed by atoms with Crippen molar-refractivity contribution >= 4 is 0 Å². The normalized spacial score (nSPS) is 7.62. The van der Waals surface area contributed by atoms with Gasteiger partial charge in [-0.2, -0.15) is 18.9 Å². The van der Waals surface area contributed by atoms with Crippen molar-refractivity contribution in [3.05, 3.63) is 0 Å². The van der Waals surface area contributed by atoms with Gasteiger partial charge in [-0.25, -0.2) is 0 Å². The Morgan fingerprint density at radius 1 is 0.385 bits per heavy atom. The van der Waals surface area contributed by atoms with Crippen molar-refractivity contribution in [1.82, 2.24) is 0 Å². The van der Waals surface area contributed by atoms with Crippen molar-refractivity contribution in [1.29, 1.82) is 0 Å². The van der Waals surface area contributed by atoms with Crippen molar-refractivity contribution in [2.45, 2.75) is 37.7 Å². The molecule has 0 aliphatic heterocycles. The quantitative estimate of drug-likeness (QED) is 0.129. The van der Waals surface area contributed by atoms with E-state index in [1.165, 1.54) is 0 Å². The second-order valence-corrected chi connectivity index (χ2v) is 2.35. The second kappa shape index (κ2) is 45.3. The molecule has 0 atom stereocenters. The van der Waals surface area contributed by atoms with Crippen molar-refractivity contribution in [3.8, 4) is 0 Å². The molecule has 16 nitrogen and oxygen atoms in total. The summed E-state index contributed by atoms with van der Waals surface area (Å²) in [5.41, 5.74) is 0. The van der Waals surface area contributed by atoms with Gasteiger partial charge in [0.1, 0.15) is 18.9 Å². The van der Waals surface area contributed by atoms with Gasteiger partial charge < -0.3 is 83.2 Å². The van der Waals surface area contributed by atoms with E-state index in [-0.39, 0.29) is 90.2 Å². The molecule has 12 N–H and O–H groups in total. The molecule has 0 aliphatic rings. The standard InChI is InChI=1S/3C2H4O4.4Cu.4H2O/c3*3-1(4)2(5)6;;;;;;;;/h3*1-4H;;;;;4*1H2/q3*-2;;;;;;;;/p-2. The first-order valence-corrected chi connectivity index (χ1v) is 3.96. The number of hydrogen-bond acceptors (Lipinski definition) is 14. The van der Waals surface area contributed by atoms with Crippen LogP contribution in [0.3, 0.4) is 0 Å². The zero-order chi connectivity index (χ0) is 15.5. The maximum Gasteiger partial charge on any atom is 0.123 e. The first-order valence-electron chi connectivity index (χ1n) is 3.96. The van der Waals surface area contributed by atoms with Crippen LogP contribution in [0.15, 0.2) is 0 Å². The van der Waals surface area contributed by atoms with E-state index >= 15 is 0 Å². The molecule has 0 aromatic carbocycles. The van der Waals surface area contributed by atoms with E-state index in [2.05, 4.69) is 0 Å². The van der Waals surface area contributed by atoms with Gasteiger partial charge in [0.2, 0.25) is 0 Å². The second-order valence-electron chi connectivity index (χ2n) is 2.35. The van der Waals surface area contributed by atoms with Gasteiger partial charge >= 0.3 is 0 Å². The van der Waals surface area contributed by atoms with Crippen LogP contribution in [0, 0.1) is 0 Å². The zero-order valence-electron chi connectivity index (χ0n) is 11.7. The number of aliphatic hydroxyl groups is 6. The molecule has 0 aromatic rings. The number of aliphatic hydroxyl groups excluding tert-OH is 3. The van der Waals surface area contributed by atoms with Gasteiger partial charge in [-0.3, -0.25) is 0 Å². The summed E-state index contributed by atoms with van der Waals surface area (Å²) in [5.74, 6) is 0. The number of rotatable bonds is 3. The van der Waals surface area contributed by atoms with E-state index < -0.39 is 37.7 Å². The van der Waals surface area contributed by atoms with E-state index in [0.717, 1.165) is 0 Å². The minimum Gasteiger partial charge on any atom is -0.870 e. The smallest absolute Gasteiger partial charge is 0.123 e. The molecule has 0 heterocycles. The molecule has 190 valence electrons. The molecular formula is C6H18Cu4O16-8. The SMILES string of the molecule is O.O.[Cu].[Cu].[Cu].[Cu].[O-]C([O-])C(O)O.[O-]C([O-])C(O)O.[O-]C([O-])C(O)O.[OH-].[OH-]. The summed E-state index contributed by atoms with van der Waals surface area (Å²) >= 11 is 0. The molecule has 0 saturated carbocycles. The van der Waals surface area contributed by atoms with E-state index in [1.54, 1.807) is 0 Å². The van der Waals surface area contributed by atoms with Crippen LogP contribution in [-0.2, 0) is 68.3 Å². The first kappa shape index (κ1) is 71.0. The average molecular weight is 600 g/mol. The summed E-state index contributed by atoms with van der Waals surface area (Å²) in [6, 6.07) is 0. The van der Waals surface area contributed by atoms with Gasteiger partial charge in [-0.05, 0) is 0 Å². The molecule has 0 amide bonds. The van der Waals surface area contributed by atoms with Gasteiger partial charge in [-0.15, -0.1) is 0 Å². The Morgan fingerprint density at radius 3 is 0.423 bits per heavy atom. The van der Waals surface area contributed by atoms with Gasteiger partial charge in [0.25, 0.3) is 0 Å². The Labute approximate surface area is 188 Å². The molecular weight excluding hydrogens is 582 g/mol. The third-order valence-electron chi connectivity index (χ3n) is 0.730. The summed E-state index contributed by atoms with van der Waals surface area (Å²) in [6.45, 7) is 0. The van der Waals surface area contributed by atoms with Gasteiger partial charge in [-0.1, -0.05) is 0 Å². The molecule has 0 aromatic heterocycles. The van der Waals surface area contributed by atoms with E-state index in [4.69, 9.17) is 30.6 Å². The van der Waals surface area contributed by atoms with Crippen molar-refractivity contribution in [2.75, 3.05) is 0 Å². The minimum atomic E-state index is -2.54. The molecule has 0 spiro atoms. The molecule has 26 heavy (non-hydrogen) atoms. The minimum absolute atomic E-state index is 0. The summed E-state index contributed by atoms with van der Waals surface area (Å²) in [5, 5.41) is 100. The fourth-order valence-corrected chi connectivity index (χ4v) is 0. The van der Waals surface area contributed by atoms with E-state index in [9.17, 15) is 30.6 Å². The predicted molar refractivity (Wildman–Crippen MR) is 47.1 cm³/mol. The van der Waals surface area contributed by atoms with Crippen LogP contribution in [0.2, 0.25) is 0 Å². The third kappa shape index (κ3) is 84.1. The maximum atomic E-state index is 9.17. The summed E-state index contributed by atoms with van der Waals surface area (Å²) < 4.78 is 0. The maximum absolute atomic E-state index is 9.17. The van der Waals surface area contributed by atoms with Gasteiger partial charge in [0.15, 0.2) is 0 Å². The fraction of sp³-hybridized carbons (Fsp3) is 1.00. The Balaban J connectivity index is -0.0000000125. The van der Waals surface area contributed by atoms with Crippen LogP contribution in [0.4, 0.5) is 0 Å². The predicted octanol–water partition coefficient (Wildman–Crippen LogP) is -13.0. The van der Waals surface area contributed by atoms with Crippen molar-refractivity contribution in [2.24, 2.45) is 0 Å². The van der Waals surface area contributed by atoms with Crippen LogP contribution in [0.25, 0.3) is 0 Å². The summed E-state index contributed by atoms with van der Waals surface area (Å²) in [6.07, 6.45) is -14.4. The Bertz CT molecular complexity index is 126. The Morgan fingerprint density at radius 2 is 0.423 bits per heavy atom. The van der Waals surface area contributed by atoms with E-state index in [0.29, 0.717) is 0 Å². The van der Waals surface area contributed by atoms with Gasteiger partial charge in [0, 0.05) is 68.3 Å². The summed E-state index contributed by atoms with van der Waals surface area (Å²) in [4.78, 5) is 0. The first-order chi connectivity index (χ1) is 7.93. The average Bonchev–Trinajstić information content (AvgIpc) is 2.18. The van der Waals surface area contributed by atoms with Crippen LogP contribution in [0.1, 0.15) is 0 Å². The number of hydrogen-bond donors (Lipinski definition) is 6. The third-order valence-corrected chi connectivity index (χ3v) is 0.730.